The summed E-state index contributed by atoms with van der Waals surface area (Å²) in [5, 5.41) is 10.3. The molecule has 3 N–H and O–H groups in total. The molecule has 0 amide bonds. The van der Waals surface area contributed by atoms with Crippen molar-refractivity contribution in [2.24, 2.45) is 10.9 Å². The maximum absolute atomic E-state index is 5.33. The highest BCUT2D eigenvalue weighted by atomic mass is 16.3. The minimum atomic E-state index is 0.316. The first-order valence-electron chi connectivity index (χ1n) is 8.47. The molecule has 0 aliphatic carbocycles. The summed E-state index contributed by atoms with van der Waals surface area (Å²) in [6, 6.07) is 14.5. The molecule has 1 aromatic carbocycles. The Bertz CT molecular complexity index is 593. The second-order valence-electron chi connectivity index (χ2n) is 6.07. The number of benzene rings is 1. The fourth-order valence-corrected chi connectivity index (χ4v) is 2.39. The number of hydrogen-bond acceptors (Lipinski definition) is 3. The lowest BCUT2D eigenvalue weighted by Crippen LogP contribution is -2.45. The van der Waals surface area contributed by atoms with E-state index in [9.17, 15) is 0 Å². The van der Waals surface area contributed by atoms with E-state index in [2.05, 4.69) is 46.9 Å². The normalized spacial score (nSPS) is 12.9. The Balaban J connectivity index is 1.78. The minimum Gasteiger partial charge on any atom is -0.469 e. The van der Waals surface area contributed by atoms with Crippen LogP contribution in [0.4, 0.5) is 5.69 Å². The third-order valence-corrected chi connectivity index (χ3v) is 3.89. The van der Waals surface area contributed by atoms with Crippen molar-refractivity contribution in [3.63, 3.8) is 0 Å². The maximum Gasteiger partial charge on any atom is 0.191 e. The van der Waals surface area contributed by atoms with E-state index in [1.165, 1.54) is 0 Å². The van der Waals surface area contributed by atoms with Gasteiger partial charge >= 0.3 is 0 Å². The SMILES string of the molecule is CN=C(NCCc1ccco1)NCC(Nc1ccccc1)C(C)C. The molecular weight excluding hydrogens is 300 g/mol. The Morgan fingerprint density at radius 1 is 1.08 bits per heavy atom. The van der Waals surface area contributed by atoms with Gasteiger partial charge in [0.25, 0.3) is 0 Å². The summed E-state index contributed by atoms with van der Waals surface area (Å²) in [6.45, 7) is 6.02. The molecular formula is C19H28N4O. The highest BCUT2D eigenvalue weighted by Crippen LogP contribution is 2.11. The molecule has 0 saturated carbocycles. The van der Waals surface area contributed by atoms with E-state index in [1.54, 1.807) is 13.3 Å². The lowest BCUT2D eigenvalue weighted by Gasteiger charge is -2.25. The van der Waals surface area contributed by atoms with Crippen LogP contribution in [-0.4, -0.2) is 32.1 Å². The first kappa shape index (κ1) is 17.9. The van der Waals surface area contributed by atoms with Crippen molar-refractivity contribution in [2.75, 3.05) is 25.5 Å². The predicted octanol–water partition coefficient (Wildman–Crippen LogP) is 3.12. The van der Waals surface area contributed by atoms with Crippen LogP contribution in [0.25, 0.3) is 0 Å². The maximum atomic E-state index is 5.33. The molecule has 130 valence electrons. The van der Waals surface area contributed by atoms with Crippen LogP contribution >= 0.6 is 0 Å². The van der Waals surface area contributed by atoms with Gasteiger partial charge in [0.2, 0.25) is 0 Å². The van der Waals surface area contributed by atoms with Gasteiger partial charge in [-0.15, -0.1) is 0 Å². The first-order chi connectivity index (χ1) is 11.7. The van der Waals surface area contributed by atoms with Crippen LogP contribution in [0, 0.1) is 5.92 Å². The molecule has 2 aromatic rings. The number of anilines is 1. The van der Waals surface area contributed by atoms with Crippen molar-refractivity contribution in [3.05, 3.63) is 54.5 Å². The topological polar surface area (TPSA) is 61.6 Å². The number of hydrogen-bond donors (Lipinski definition) is 3. The van der Waals surface area contributed by atoms with Crippen molar-refractivity contribution in [1.29, 1.82) is 0 Å². The van der Waals surface area contributed by atoms with E-state index >= 15 is 0 Å². The molecule has 0 bridgehead atoms. The van der Waals surface area contributed by atoms with Crippen LogP contribution in [0.5, 0.6) is 0 Å². The largest absolute Gasteiger partial charge is 0.469 e. The number of para-hydroxylation sites is 1. The van der Waals surface area contributed by atoms with Gasteiger partial charge in [0.1, 0.15) is 5.76 Å². The standard InChI is InChI=1S/C19H28N4O/c1-15(2)18(23-16-8-5-4-6-9-16)14-22-19(20-3)21-12-11-17-10-7-13-24-17/h4-10,13,15,18,23H,11-12,14H2,1-3H3,(H2,20,21,22). The van der Waals surface area contributed by atoms with Gasteiger partial charge < -0.3 is 20.4 Å². The van der Waals surface area contributed by atoms with Gasteiger partial charge in [-0.1, -0.05) is 32.0 Å². The molecule has 0 spiro atoms. The second kappa shape index (κ2) is 9.65. The monoisotopic (exact) mass is 328 g/mol. The summed E-state index contributed by atoms with van der Waals surface area (Å²) in [4.78, 5) is 4.28. The molecule has 5 heteroatoms. The van der Waals surface area contributed by atoms with Crippen LogP contribution in [0.1, 0.15) is 19.6 Å². The smallest absolute Gasteiger partial charge is 0.191 e. The van der Waals surface area contributed by atoms with E-state index in [1.807, 2.05) is 30.3 Å². The van der Waals surface area contributed by atoms with Crippen molar-refractivity contribution in [2.45, 2.75) is 26.3 Å². The summed E-state index contributed by atoms with van der Waals surface area (Å²) < 4.78 is 5.33. The van der Waals surface area contributed by atoms with Crippen molar-refractivity contribution in [1.82, 2.24) is 10.6 Å². The molecule has 0 fully saturated rings. The van der Waals surface area contributed by atoms with Gasteiger partial charge in [0.05, 0.1) is 6.26 Å². The number of nitrogens with one attached hydrogen (secondary N) is 3. The van der Waals surface area contributed by atoms with E-state index < -0.39 is 0 Å². The van der Waals surface area contributed by atoms with E-state index in [4.69, 9.17) is 4.42 Å². The molecule has 2 rings (SSSR count). The number of aliphatic imine (C=N–C) groups is 1. The van der Waals surface area contributed by atoms with Crippen LogP contribution in [-0.2, 0) is 6.42 Å². The molecule has 1 unspecified atom stereocenters. The molecule has 0 aliphatic heterocycles. The second-order valence-corrected chi connectivity index (χ2v) is 6.07. The molecule has 5 nitrogen and oxygen atoms in total. The Morgan fingerprint density at radius 2 is 1.88 bits per heavy atom. The molecule has 1 heterocycles. The third-order valence-electron chi connectivity index (χ3n) is 3.89. The summed E-state index contributed by atoms with van der Waals surface area (Å²) in [5.41, 5.74) is 1.14. The van der Waals surface area contributed by atoms with E-state index in [0.29, 0.717) is 12.0 Å². The lowest BCUT2D eigenvalue weighted by molar-refractivity contribution is 0.502. The third kappa shape index (κ3) is 5.99. The quantitative estimate of drug-likeness (QED) is 0.515. The van der Waals surface area contributed by atoms with Gasteiger partial charge in [-0.25, -0.2) is 0 Å². The molecule has 1 atom stereocenters. The Hall–Kier alpha value is -2.43. The van der Waals surface area contributed by atoms with Gasteiger partial charge in [0, 0.05) is 38.3 Å². The zero-order chi connectivity index (χ0) is 17.2. The predicted molar refractivity (Wildman–Crippen MR) is 100 cm³/mol. The molecule has 0 saturated heterocycles. The van der Waals surface area contributed by atoms with Crippen LogP contribution < -0.4 is 16.0 Å². The summed E-state index contributed by atoms with van der Waals surface area (Å²) >= 11 is 0. The zero-order valence-corrected chi connectivity index (χ0v) is 14.8. The van der Waals surface area contributed by atoms with E-state index in [0.717, 1.165) is 36.9 Å². The number of rotatable bonds is 8. The van der Waals surface area contributed by atoms with Crippen LogP contribution in [0.2, 0.25) is 0 Å². The highest BCUT2D eigenvalue weighted by molar-refractivity contribution is 5.79. The van der Waals surface area contributed by atoms with Crippen molar-refractivity contribution < 1.29 is 4.42 Å². The fourth-order valence-electron chi connectivity index (χ4n) is 2.39. The Labute approximate surface area is 144 Å². The van der Waals surface area contributed by atoms with Gasteiger partial charge in [-0.3, -0.25) is 4.99 Å². The highest BCUT2D eigenvalue weighted by Gasteiger charge is 2.13. The van der Waals surface area contributed by atoms with Crippen molar-refractivity contribution in [3.8, 4) is 0 Å². The van der Waals surface area contributed by atoms with Gasteiger partial charge in [0.15, 0.2) is 5.96 Å². The summed E-state index contributed by atoms with van der Waals surface area (Å²) in [7, 11) is 1.79. The van der Waals surface area contributed by atoms with Gasteiger partial charge in [-0.2, -0.15) is 0 Å². The average molecular weight is 328 g/mol. The summed E-state index contributed by atoms with van der Waals surface area (Å²) in [5.74, 6) is 2.28. The molecule has 0 aliphatic rings. The van der Waals surface area contributed by atoms with Crippen molar-refractivity contribution >= 4 is 11.6 Å². The Kier molecular flexibility index (Phi) is 7.21. The first-order valence-corrected chi connectivity index (χ1v) is 8.47. The number of guanidine groups is 1. The average Bonchev–Trinajstić information content (AvgIpc) is 3.10. The van der Waals surface area contributed by atoms with Crippen LogP contribution in [0.15, 0.2) is 58.1 Å². The fraction of sp³-hybridized carbons (Fsp3) is 0.421. The van der Waals surface area contributed by atoms with Crippen LogP contribution in [0.3, 0.4) is 0 Å². The number of furan rings is 1. The van der Waals surface area contributed by atoms with Gasteiger partial charge in [-0.05, 0) is 30.2 Å². The minimum absolute atomic E-state index is 0.316. The lowest BCUT2D eigenvalue weighted by atomic mass is 10.0. The van der Waals surface area contributed by atoms with E-state index in [-0.39, 0.29) is 0 Å². The Morgan fingerprint density at radius 3 is 2.50 bits per heavy atom. The summed E-state index contributed by atoms with van der Waals surface area (Å²) in [6.07, 6.45) is 2.54. The number of nitrogens with zero attached hydrogens (tertiary/aromatic N) is 1. The molecule has 0 radical (unpaired) electrons. The molecule has 24 heavy (non-hydrogen) atoms. The molecule has 1 aromatic heterocycles. The zero-order valence-electron chi connectivity index (χ0n) is 14.8.